The SMILES string of the molecule is CCOC(=O)C(Cc1ccccc1)NBr. The van der Waals surface area contributed by atoms with Gasteiger partial charge >= 0.3 is 5.97 Å². The predicted molar refractivity (Wildman–Crippen MR) is 62.6 cm³/mol. The van der Waals surface area contributed by atoms with Crippen LogP contribution >= 0.6 is 16.1 Å². The van der Waals surface area contributed by atoms with Crippen molar-refractivity contribution in [1.29, 1.82) is 0 Å². The number of halogens is 1. The molecule has 1 N–H and O–H groups in total. The van der Waals surface area contributed by atoms with Gasteiger partial charge in [-0.3, -0.25) is 4.79 Å². The molecule has 3 nitrogen and oxygen atoms in total. The summed E-state index contributed by atoms with van der Waals surface area (Å²) in [7, 11) is 0. The summed E-state index contributed by atoms with van der Waals surface area (Å²) in [5, 5.41) is 0. The Morgan fingerprint density at radius 3 is 2.67 bits per heavy atom. The summed E-state index contributed by atoms with van der Waals surface area (Å²) in [6.07, 6.45) is 0.616. The third kappa shape index (κ3) is 4.01. The molecule has 0 fully saturated rings. The van der Waals surface area contributed by atoms with E-state index in [1.807, 2.05) is 30.3 Å². The minimum Gasteiger partial charge on any atom is -0.465 e. The van der Waals surface area contributed by atoms with Gasteiger partial charge in [0.05, 0.1) is 6.61 Å². The Labute approximate surface area is 98.2 Å². The van der Waals surface area contributed by atoms with E-state index < -0.39 is 0 Å². The molecule has 1 aromatic rings. The molecule has 0 radical (unpaired) electrons. The van der Waals surface area contributed by atoms with Gasteiger partial charge in [0, 0.05) is 16.1 Å². The number of nitrogens with one attached hydrogen (secondary N) is 1. The summed E-state index contributed by atoms with van der Waals surface area (Å²) in [6, 6.07) is 9.47. The van der Waals surface area contributed by atoms with E-state index in [0.717, 1.165) is 5.56 Å². The molecule has 1 rings (SSSR count). The number of carbonyl (C=O) groups is 1. The van der Waals surface area contributed by atoms with Crippen molar-refractivity contribution in [3.63, 3.8) is 0 Å². The van der Waals surface area contributed by atoms with Crippen molar-refractivity contribution in [1.82, 2.24) is 4.34 Å². The number of carbonyl (C=O) groups excluding carboxylic acids is 1. The van der Waals surface area contributed by atoms with E-state index in [1.165, 1.54) is 0 Å². The Morgan fingerprint density at radius 1 is 1.47 bits per heavy atom. The van der Waals surface area contributed by atoms with Crippen molar-refractivity contribution < 1.29 is 9.53 Å². The highest BCUT2D eigenvalue weighted by Gasteiger charge is 2.18. The lowest BCUT2D eigenvalue weighted by molar-refractivity contribution is -0.144. The second-order valence-electron chi connectivity index (χ2n) is 3.10. The lowest BCUT2D eigenvalue weighted by Crippen LogP contribution is -2.34. The van der Waals surface area contributed by atoms with Gasteiger partial charge in [-0.05, 0) is 18.9 Å². The van der Waals surface area contributed by atoms with Crippen molar-refractivity contribution in [2.24, 2.45) is 0 Å². The molecule has 0 aliphatic carbocycles. The van der Waals surface area contributed by atoms with E-state index >= 15 is 0 Å². The second kappa shape index (κ2) is 6.58. The van der Waals surface area contributed by atoms with Crippen LogP contribution in [0.3, 0.4) is 0 Å². The Hall–Kier alpha value is -0.870. The van der Waals surface area contributed by atoms with E-state index in [1.54, 1.807) is 6.92 Å². The van der Waals surface area contributed by atoms with Gasteiger partial charge in [0.15, 0.2) is 0 Å². The molecule has 1 atom stereocenters. The van der Waals surface area contributed by atoms with Gasteiger partial charge in [-0.1, -0.05) is 30.3 Å². The van der Waals surface area contributed by atoms with Gasteiger partial charge in [0.2, 0.25) is 0 Å². The first-order chi connectivity index (χ1) is 7.27. The standard InChI is InChI=1S/C11H14BrNO2/c1-2-15-11(14)10(13-12)8-9-6-4-3-5-7-9/h3-7,10,13H,2,8H2,1H3. The molecule has 0 aliphatic heterocycles. The molecular formula is C11H14BrNO2. The topological polar surface area (TPSA) is 38.3 Å². The quantitative estimate of drug-likeness (QED) is 0.658. The van der Waals surface area contributed by atoms with Crippen LogP contribution < -0.4 is 4.34 Å². The van der Waals surface area contributed by atoms with E-state index in [4.69, 9.17) is 4.74 Å². The molecular weight excluding hydrogens is 258 g/mol. The van der Waals surface area contributed by atoms with E-state index in [0.29, 0.717) is 13.0 Å². The molecule has 4 heteroatoms. The zero-order valence-corrected chi connectivity index (χ0v) is 10.2. The molecule has 0 amide bonds. The lowest BCUT2D eigenvalue weighted by Gasteiger charge is -2.13. The summed E-state index contributed by atoms with van der Waals surface area (Å²) in [5.41, 5.74) is 1.10. The maximum atomic E-state index is 11.5. The summed E-state index contributed by atoms with van der Waals surface area (Å²) in [6.45, 7) is 2.20. The average Bonchev–Trinajstić information content (AvgIpc) is 2.27. The fourth-order valence-corrected chi connectivity index (χ4v) is 1.61. The molecule has 1 aromatic carbocycles. The highest BCUT2D eigenvalue weighted by molar-refractivity contribution is 9.08. The smallest absolute Gasteiger partial charge is 0.324 e. The van der Waals surface area contributed by atoms with E-state index in [2.05, 4.69) is 20.5 Å². The number of benzene rings is 1. The zero-order chi connectivity index (χ0) is 11.1. The molecule has 0 heterocycles. The highest BCUT2D eigenvalue weighted by Crippen LogP contribution is 2.05. The maximum Gasteiger partial charge on any atom is 0.324 e. The molecule has 15 heavy (non-hydrogen) atoms. The van der Waals surface area contributed by atoms with Gasteiger partial charge in [-0.15, -0.1) is 0 Å². The summed E-state index contributed by atoms with van der Waals surface area (Å²) in [4.78, 5) is 11.5. The van der Waals surface area contributed by atoms with Crippen LogP contribution in [0.1, 0.15) is 12.5 Å². The number of esters is 1. The van der Waals surface area contributed by atoms with Crippen LogP contribution in [0.2, 0.25) is 0 Å². The van der Waals surface area contributed by atoms with Crippen molar-refractivity contribution in [3.8, 4) is 0 Å². The van der Waals surface area contributed by atoms with Crippen LogP contribution in [-0.4, -0.2) is 18.6 Å². The number of rotatable bonds is 5. The second-order valence-corrected chi connectivity index (χ2v) is 3.56. The summed E-state index contributed by atoms with van der Waals surface area (Å²) < 4.78 is 7.71. The van der Waals surface area contributed by atoms with Crippen LogP contribution in [0.25, 0.3) is 0 Å². The molecule has 0 aliphatic rings. The molecule has 0 bridgehead atoms. The third-order valence-electron chi connectivity index (χ3n) is 1.99. The Bertz CT molecular complexity index is 303. The molecule has 0 aromatic heterocycles. The first kappa shape index (κ1) is 12.2. The van der Waals surface area contributed by atoms with Crippen LogP contribution in [0.5, 0.6) is 0 Å². The molecule has 1 unspecified atom stereocenters. The first-order valence-corrected chi connectivity index (χ1v) is 5.64. The monoisotopic (exact) mass is 271 g/mol. The van der Waals surface area contributed by atoms with Gasteiger partial charge < -0.3 is 4.74 Å². The largest absolute Gasteiger partial charge is 0.465 e. The molecule has 0 saturated carbocycles. The van der Waals surface area contributed by atoms with E-state index in [-0.39, 0.29) is 12.0 Å². The fraction of sp³-hybridized carbons (Fsp3) is 0.364. The van der Waals surface area contributed by atoms with Crippen molar-refractivity contribution in [2.45, 2.75) is 19.4 Å². The minimum atomic E-state index is -0.340. The van der Waals surface area contributed by atoms with Gasteiger partial charge in [0.1, 0.15) is 6.04 Å². The lowest BCUT2D eigenvalue weighted by atomic mass is 10.1. The predicted octanol–water partition coefficient (Wildman–Crippen LogP) is 2.06. The van der Waals surface area contributed by atoms with Crippen LogP contribution in [0.15, 0.2) is 30.3 Å². The van der Waals surface area contributed by atoms with Crippen LogP contribution in [-0.2, 0) is 16.0 Å². The van der Waals surface area contributed by atoms with Crippen molar-refractivity contribution in [3.05, 3.63) is 35.9 Å². The Kier molecular flexibility index (Phi) is 5.36. The maximum absolute atomic E-state index is 11.5. The Morgan fingerprint density at radius 2 is 2.13 bits per heavy atom. The molecule has 0 spiro atoms. The number of ether oxygens (including phenoxy) is 1. The van der Waals surface area contributed by atoms with Crippen LogP contribution in [0, 0.1) is 0 Å². The highest BCUT2D eigenvalue weighted by atomic mass is 79.9. The first-order valence-electron chi connectivity index (χ1n) is 4.84. The zero-order valence-electron chi connectivity index (χ0n) is 8.57. The number of hydrogen-bond acceptors (Lipinski definition) is 3. The van der Waals surface area contributed by atoms with Gasteiger partial charge in [-0.25, -0.2) is 4.34 Å². The number of hydrogen-bond donors (Lipinski definition) is 1. The van der Waals surface area contributed by atoms with Gasteiger partial charge in [-0.2, -0.15) is 0 Å². The Balaban J connectivity index is 2.58. The normalized spacial score (nSPS) is 12.1. The van der Waals surface area contributed by atoms with Crippen molar-refractivity contribution >= 4 is 22.1 Å². The third-order valence-corrected chi connectivity index (χ3v) is 2.54. The summed E-state index contributed by atoms with van der Waals surface area (Å²) >= 11 is 3.09. The van der Waals surface area contributed by atoms with Gasteiger partial charge in [0.25, 0.3) is 0 Å². The summed E-state index contributed by atoms with van der Waals surface area (Å²) in [5.74, 6) is -0.238. The van der Waals surface area contributed by atoms with Crippen molar-refractivity contribution in [2.75, 3.05) is 6.61 Å². The fourth-order valence-electron chi connectivity index (χ4n) is 1.26. The van der Waals surface area contributed by atoms with Crippen LogP contribution in [0.4, 0.5) is 0 Å². The average molecular weight is 272 g/mol. The van der Waals surface area contributed by atoms with E-state index in [9.17, 15) is 4.79 Å². The molecule has 82 valence electrons. The molecule has 0 saturated heterocycles. The minimum absolute atomic E-state index is 0.238.